The lowest BCUT2D eigenvalue weighted by molar-refractivity contribution is -0.126. The molecule has 2 heterocycles. The molecule has 1 saturated heterocycles. The van der Waals surface area contributed by atoms with E-state index >= 15 is 0 Å². The number of thiocarbonyl (C=S) groups is 1. The molecule has 8 heteroatoms. The Hall–Kier alpha value is -1.48. The van der Waals surface area contributed by atoms with Gasteiger partial charge in [-0.3, -0.25) is 14.5 Å². The highest BCUT2D eigenvalue weighted by atomic mass is 79.9. The van der Waals surface area contributed by atoms with E-state index in [0.717, 1.165) is 9.35 Å². The van der Waals surface area contributed by atoms with Crippen LogP contribution in [0.25, 0.3) is 6.08 Å². The van der Waals surface area contributed by atoms with Gasteiger partial charge in [0.1, 0.15) is 10.9 Å². The summed E-state index contributed by atoms with van der Waals surface area (Å²) in [5, 5.41) is 4.71. The van der Waals surface area contributed by atoms with Gasteiger partial charge in [0.15, 0.2) is 0 Å². The third kappa shape index (κ3) is 3.94. The summed E-state index contributed by atoms with van der Waals surface area (Å²) < 4.78 is 1.17. The Morgan fingerprint density at radius 1 is 1.29 bits per heavy atom. The smallest absolute Gasteiger partial charge is 0.266 e. The Morgan fingerprint density at radius 2 is 2.08 bits per heavy atom. The summed E-state index contributed by atoms with van der Waals surface area (Å²) in [6, 6.07) is 11.1. The van der Waals surface area contributed by atoms with Gasteiger partial charge in [0.25, 0.3) is 5.91 Å². The van der Waals surface area contributed by atoms with Crippen molar-refractivity contribution < 1.29 is 9.59 Å². The molecule has 3 rings (SSSR count). The Morgan fingerprint density at radius 3 is 2.79 bits per heavy atom. The van der Waals surface area contributed by atoms with Crippen molar-refractivity contribution in [3.8, 4) is 0 Å². The van der Waals surface area contributed by atoms with Gasteiger partial charge in [-0.25, -0.2) is 0 Å². The van der Waals surface area contributed by atoms with E-state index < -0.39 is 0 Å². The maximum absolute atomic E-state index is 12.5. The van der Waals surface area contributed by atoms with Crippen LogP contribution in [0, 0.1) is 0 Å². The largest absolute Gasteiger partial charge is 0.324 e. The molecule has 0 spiro atoms. The molecule has 1 aliphatic rings. The van der Waals surface area contributed by atoms with Crippen molar-refractivity contribution in [2.75, 3.05) is 11.9 Å². The topological polar surface area (TPSA) is 49.4 Å². The normalized spacial score (nSPS) is 16.0. The van der Waals surface area contributed by atoms with Crippen LogP contribution in [-0.2, 0) is 9.59 Å². The lowest BCUT2D eigenvalue weighted by atomic mass is 10.3. The minimum atomic E-state index is -0.296. The predicted octanol–water partition coefficient (Wildman–Crippen LogP) is 4.35. The highest BCUT2D eigenvalue weighted by Gasteiger charge is 2.33. The van der Waals surface area contributed by atoms with E-state index in [1.54, 1.807) is 23.5 Å². The quantitative estimate of drug-likeness (QED) is 0.569. The van der Waals surface area contributed by atoms with Gasteiger partial charge in [-0.2, -0.15) is 0 Å². The molecule has 24 heavy (non-hydrogen) atoms. The van der Waals surface area contributed by atoms with Gasteiger partial charge < -0.3 is 5.32 Å². The van der Waals surface area contributed by atoms with Gasteiger partial charge in [0.05, 0.1) is 10.6 Å². The molecular formula is C16H11BrN2O2S3. The SMILES string of the molecule is O=C(CN1C(=O)/C(=C\c2cccs2)SC1=S)Nc1ccccc1Br. The van der Waals surface area contributed by atoms with Gasteiger partial charge >= 0.3 is 0 Å². The van der Waals surface area contributed by atoms with Crippen LogP contribution >= 0.6 is 51.2 Å². The monoisotopic (exact) mass is 438 g/mol. The lowest BCUT2D eigenvalue weighted by Crippen LogP contribution is -2.36. The molecule has 1 fully saturated rings. The van der Waals surface area contributed by atoms with Crippen molar-refractivity contribution >= 4 is 79.1 Å². The first-order valence-corrected chi connectivity index (χ1v) is 9.77. The average molecular weight is 439 g/mol. The van der Waals surface area contributed by atoms with Crippen molar-refractivity contribution in [2.45, 2.75) is 0 Å². The molecule has 122 valence electrons. The fourth-order valence-corrected chi connectivity index (χ4v) is 4.40. The summed E-state index contributed by atoms with van der Waals surface area (Å²) >= 11 is 11.4. The van der Waals surface area contributed by atoms with E-state index in [1.165, 1.54) is 16.7 Å². The van der Waals surface area contributed by atoms with E-state index in [0.29, 0.717) is 14.9 Å². The number of hydrogen-bond acceptors (Lipinski definition) is 5. The number of rotatable bonds is 4. The standard InChI is InChI=1S/C16H11BrN2O2S3/c17-11-5-1-2-6-12(11)18-14(20)9-19-15(21)13(24-16(19)22)8-10-4-3-7-23-10/h1-8H,9H2,(H,18,20)/b13-8+. The number of anilines is 1. The van der Waals surface area contributed by atoms with Gasteiger partial charge in [0, 0.05) is 9.35 Å². The second-order valence-corrected chi connectivity index (χ2v) is 8.32. The second-order valence-electron chi connectivity index (χ2n) is 4.81. The third-order valence-corrected chi connectivity index (χ3v) is 6.03. The van der Waals surface area contributed by atoms with Crippen LogP contribution in [0.1, 0.15) is 4.88 Å². The van der Waals surface area contributed by atoms with E-state index in [9.17, 15) is 9.59 Å². The number of benzene rings is 1. The number of nitrogens with one attached hydrogen (secondary N) is 1. The van der Waals surface area contributed by atoms with Crippen LogP contribution in [0.15, 0.2) is 51.2 Å². The molecule has 0 unspecified atom stereocenters. The average Bonchev–Trinajstić information content (AvgIpc) is 3.14. The van der Waals surface area contributed by atoms with Gasteiger partial charge in [-0.1, -0.05) is 42.2 Å². The number of para-hydroxylation sites is 1. The number of thiophene rings is 1. The molecule has 0 saturated carbocycles. The first-order chi connectivity index (χ1) is 11.5. The minimum absolute atomic E-state index is 0.103. The molecule has 1 N–H and O–H groups in total. The summed E-state index contributed by atoms with van der Waals surface area (Å²) in [6.07, 6.45) is 1.80. The lowest BCUT2D eigenvalue weighted by Gasteiger charge is -2.14. The highest BCUT2D eigenvalue weighted by molar-refractivity contribution is 9.10. The molecular weight excluding hydrogens is 428 g/mol. The predicted molar refractivity (Wildman–Crippen MR) is 107 cm³/mol. The van der Waals surface area contributed by atoms with Crippen LogP contribution in [0.5, 0.6) is 0 Å². The van der Waals surface area contributed by atoms with Crippen molar-refractivity contribution in [2.24, 2.45) is 0 Å². The summed E-state index contributed by atoms with van der Waals surface area (Å²) in [5.74, 6) is -0.531. The van der Waals surface area contributed by atoms with Crippen molar-refractivity contribution in [1.29, 1.82) is 0 Å². The molecule has 0 atom stereocenters. The Balaban J connectivity index is 1.69. The van der Waals surface area contributed by atoms with E-state index in [2.05, 4.69) is 21.2 Å². The van der Waals surface area contributed by atoms with Gasteiger partial charge in [-0.05, 0) is 45.6 Å². The van der Waals surface area contributed by atoms with Gasteiger partial charge in [-0.15, -0.1) is 11.3 Å². The van der Waals surface area contributed by atoms with Gasteiger partial charge in [0.2, 0.25) is 5.91 Å². The maximum atomic E-state index is 12.5. The third-order valence-electron chi connectivity index (χ3n) is 3.14. The van der Waals surface area contributed by atoms with Crippen LogP contribution in [0.3, 0.4) is 0 Å². The molecule has 0 bridgehead atoms. The molecule has 0 radical (unpaired) electrons. The van der Waals surface area contributed by atoms with Crippen LogP contribution in [0.4, 0.5) is 5.69 Å². The van der Waals surface area contributed by atoms with Crippen LogP contribution < -0.4 is 5.32 Å². The first kappa shape index (κ1) is 17.3. The van der Waals surface area contributed by atoms with E-state index in [1.807, 2.05) is 35.7 Å². The number of halogens is 1. The Labute approximate surface area is 161 Å². The molecule has 0 aliphatic carbocycles. The van der Waals surface area contributed by atoms with Crippen molar-refractivity contribution in [1.82, 2.24) is 4.90 Å². The minimum Gasteiger partial charge on any atom is -0.324 e. The zero-order chi connectivity index (χ0) is 17.1. The van der Waals surface area contributed by atoms with Crippen molar-refractivity contribution in [3.63, 3.8) is 0 Å². The molecule has 2 amide bonds. The van der Waals surface area contributed by atoms with E-state index in [-0.39, 0.29) is 18.4 Å². The summed E-state index contributed by atoms with van der Waals surface area (Å²) in [5.41, 5.74) is 0.655. The zero-order valence-corrected chi connectivity index (χ0v) is 16.2. The zero-order valence-electron chi connectivity index (χ0n) is 12.2. The van der Waals surface area contributed by atoms with E-state index in [4.69, 9.17) is 12.2 Å². The highest BCUT2D eigenvalue weighted by Crippen LogP contribution is 2.33. The fraction of sp³-hybridized carbons (Fsp3) is 0.0625. The number of hydrogen-bond donors (Lipinski definition) is 1. The molecule has 2 aromatic rings. The summed E-state index contributed by atoms with van der Waals surface area (Å²) in [7, 11) is 0. The molecule has 1 aliphatic heterocycles. The molecule has 4 nitrogen and oxygen atoms in total. The van der Waals surface area contributed by atoms with Crippen molar-refractivity contribution in [3.05, 3.63) is 56.0 Å². The summed E-state index contributed by atoms with van der Waals surface area (Å²) in [4.78, 5) is 27.5. The Bertz CT molecular complexity index is 834. The number of amides is 2. The summed E-state index contributed by atoms with van der Waals surface area (Å²) in [6.45, 7) is -0.103. The number of nitrogens with zero attached hydrogens (tertiary/aromatic N) is 1. The number of carbonyl (C=O) groups is 2. The first-order valence-electron chi connectivity index (χ1n) is 6.88. The van der Waals surface area contributed by atoms with Crippen LogP contribution in [0.2, 0.25) is 0 Å². The Kier molecular flexibility index (Phi) is 5.50. The number of carbonyl (C=O) groups excluding carboxylic acids is 2. The van der Waals surface area contributed by atoms with Crippen LogP contribution in [-0.4, -0.2) is 27.6 Å². The number of thioether (sulfide) groups is 1. The second kappa shape index (κ2) is 7.60. The molecule has 1 aromatic heterocycles. The molecule has 1 aromatic carbocycles. The fourth-order valence-electron chi connectivity index (χ4n) is 2.03. The maximum Gasteiger partial charge on any atom is 0.266 e.